The summed E-state index contributed by atoms with van der Waals surface area (Å²) in [6, 6.07) is 5.09. The number of methoxy groups -OCH3 is 1. The number of rotatable bonds is 4. The number of hydrogen-bond donors (Lipinski definition) is 1. The lowest BCUT2D eigenvalue weighted by atomic mass is 10.0. The Morgan fingerprint density at radius 3 is 2.74 bits per heavy atom. The van der Waals surface area contributed by atoms with Crippen molar-refractivity contribution in [2.45, 2.75) is 25.1 Å². The van der Waals surface area contributed by atoms with E-state index < -0.39 is 11.8 Å². The summed E-state index contributed by atoms with van der Waals surface area (Å²) in [5.74, 6) is -0.385. The maximum Gasteiger partial charge on any atom is 0.418 e. The van der Waals surface area contributed by atoms with Gasteiger partial charge in [-0.1, -0.05) is 17.7 Å². The van der Waals surface area contributed by atoms with Crippen LogP contribution >= 0.6 is 11.6 Å². The minimum atomic E-state index is -4.46. The van der Waals surface area contributed by atoms with Gasteiger partial charge in [0.05, 0.1) is 6.54 Å². The zero-order valence-electron chi connectivity index (χ0n) is 12.8. The number of amides is 1. The molecule has 0 saturated carbocycles. The number of nitrogens with one attached hydrogen (secondary N) is 1. The van der Waals surface area contributed by atoms with E-state index in [1.54, 1.807) is 25.1 Å². The molecule has 1 atom stereocenters. The second-order valence-electron chi connectivity index (χ2n) is 5.62. The van der Waals surface area contributed by atoms with E-state index in [1.165, 1.54) is 4.90 Å². The Bertz CT molecular complexity index is 595. The van der Waals surface area contributed by atoms with Crippen molar-refractivity contribution < 1.29 is 22.7 Å². The smallest absolute Gasteiger partial charge is 0.367 e. The zero-order chi connectivity index (χ0) is 17.3. The van der Waals surface area contributed by atoms with Crippen molar-refractivity contribution in [3.8, 4) is 0 Å². The van der Waals surface area contributed by atoms with Crippen LogP contribution in [0.4, 0.5) is 18.9 Å². The highest BCUT2D eigenvalue weighted by molar-refractivity contribution is 6.31. The largest absolute Gasteiger partial charge is 0.418 e. The molecule has 1 amide bonds. The van der Waals surface area contributed by atoms with Crippen LogP contribution in [0.2, 0.25) is 5.02 Å². The minimum absolute atomic E-state index is 0.132. The lowest BCUT2D eigenvalue weighted by Crippen LogP contribution is -2.49. The molecule has 1 aromatic rings. The number of ether oxygens (including phenoxy) is 1. The van der Waals surface area contributed by atoms with E-state index in [-0.39, 0.29) is 32.0 Å². The topological polar surface area (TPSA) is 41.6 Å². The highest BCUT2D eigenvalue weighted by Crippen LogP contribution is 2.40. The molecule has 1 unspecified atom stereocenters. The van der Waals surface area contributed by atoms with Gasteiger partial charge in [0.1, 0.15) is 0 Å². The number of carbonyl (C=O) groups excluding carboxylic acids is 1. The third kappa shape index (κ3) is 3.79. The lowest BCUT2D eigenvalue weighted by molar-refractivity contribution is -0.263. The molecule has 0 radical (unpaired) electrons. The third-order valence-corrected chi connectivity index (χ3v) is 4.54. The molecule has 0 bridgehead atoms. The summed E-state index contributed by atoms with van der Waals surface area (Å²) in [4.78, 5) is 13.5. The van der Waals surface area contributed by atoms with Crippen LogP contribution in [0.1, 0.15) is 12.0 Å². The van der Waals surface area contributed by atoms with Crippen molar-refractivity contribution in [1.29, 1.82) is 0 Å². The van der Waals surface area contributed by atoms with Crippen molar-refractivity contribution >= 4 is 23.2 Å². The molecule has 1 heterocycles. The summed E-state index contributed by atoms with van der Waals surface area (Å²) < 4.78 is 44.0. The van der Waals surface area contributed by atoms with E-state index in [1.807, 2.05) is 0 Å². The lowest BCUT2D eigenvalue weighted by Gasteiger charge is -2.30. The molecule has 1 saturated heterocycles. The number of likely N-dealkylation sites (tertiary alicyclic amines) is 1. The zero-order valence-corrected chi connectivity index (χ0v) is 13.6. The maximum absolute atomic E-state index is 13.1. The predicted octanol–water partition coefficient (Wildman–Crippen LogP) is 3.24. The number of benzene rings is 1. The molecule has 0 aromatic heterocycles. The number of hydrogen-bond acceptors (Lipinski definition) is 3. The molecule has 4 nitrogen and oxygen atoms in total. The van der Waals surface area contributed by atoms with Gasteiger partial charge in [0.25, 0.3) is 0 Å². The summed E-state index contributed by atoms with van der Waals surface area (Å²) in [6.45, 7) is 1.42. The van der Waals surface area contributed by atoms with Gasteiger partial charge in [0.2, 0.25) is 5.91 Å². The number of alkyl halides is 3. The fourth-order valence-electron chi connectivity index (χ4n) is 2.64. The Morgan fingerprint density at radius 1 is 1.48 bits per heavy atom. The molecule has 23 heavy (non-hydrogen) atoms. The van der Waals surface area contributed by atoms with E-state index in [0.29, 0.717) is 16.3 Å². The van der Waals surface area contributed by atoms with Crippen molar-refractivity contribution in [2.24, 2.45) is 0 Å². The van der Waals surface area contributed by atoms with Crippen LogP contribution in [0.15, 0.2) is 18.2 Å². The first-order valence-corrected chi connectivity index (χ1v) is 7.45. The van der Waals surface area contributed by atoms with Gasteiger partial charge < -0.3 is 10.1 Å². The van der Waals surface area contributed by atoms with Gasteiger partial charge in [0.15, 0.2) is 5.60 Å². The molecule has 1 aromatic carbocycles. The average Bonchev–Trinajstić information content (AvgIpc) is 2.88. The van der Waals surface area contributed by atoms with Crippen LogP contribution in [-0.2, 0) is 9.53 Å². The fourth-order valence-corrected chi connectivity index (χ4v) is 2.82. The first kappa shape index (κ1) is 18.0. The molecule has 1 N–H and O–H groups in total. The van der Waals surface area contributed by atoms with Crippen LogP contribution in [0, 0.1) is 6.92 Å². The Morgan fingerprint density at radius 2 is 2.17 bits per heavy atom. The molecule has 128 valence electrons. The molecule has 0 aliphatic carbocycles. The van der Waals surface area contributed by atoms with Crippen LogP contribution in [-0.4, -0.2) is 49.3 Å². The maximum atomic E-state index is 13.1. The van der Waals surface area contributed by atoms with Crippen LogP contribution in [0.5, 0.6) is 0 Å². The summed E-state index contributed by atoms with van der Waals surface area (Å²) in [6.07, 6.45) is -4.65. The highest BCUT2D eigenvalue weighted by Gasteiger charge is 2.58. The van der Waals surface area contributed by atoms with Crippen molar-refractivity contribution in [1.82, 2.24) is 4.90 Å². The quantitative estimate of drug-likeness (QED) is 0.906. The Labute approximate surface area is 137 Å². The van der Waals surface area contributed by atoms with Gasteiger partial charge >= 0.3 is 6.18 Å². The summed E-state index contributed by atoms with van der Waals surface area (Å²) in [5.41, 5.74) is -0.930. The fraction of sp³-hybridized carbons (Fsp3) is 0.533. The normalized spacial score (nSPS) is 22.3. The van der Waals surface area contributed by atoms with Crippen molar-refractivity contribution in [3.63, 3.8) is 0 Å². The summed E-state index contributed by atoms with van der Waals surface area (Å²) >= 11 is 5.97. The first-order valence-electron chi connectivity index (χ1n) is 7.08. The molecule has 8 heteroatoms. The van der Waals surface area contributed by atoms with E-state index in [4.69, 9.17) is 16.3 Å². The Hall–Kier alpha value is -1.31. The van der Waals surface area contributed by atoms with Crippen LogP contribution in [0.25, 0.3) is 0 Å². The van der Waals surface area contributed by atoms with Crippen LogP contribution in [0.3, 0.4) is 0 Å². The van der Waals surface area contributed by atoms with Gasteiger partial charge in [-0.2, -0.15) is 13.2 Å². The number of nitrogens with zero attached hydrogens (tertiary/aromatic N) is 1. The van der Waals surface area contributed by atoms with E-state index in [9.17, 15) is 18.0 Å². The summed E-state index contributed by atoms with van der Waals surface area (Å²) in [7, 11) is 1.05. The average molecular weight is 351 g/mol. The van der Waals surface area contributed by atoms with Crippen molar-refractivity contribution in [3.05, 3.63) is 28.8 Å². The number of carbonyl (C=O) groups is 1. The third-order valence-electron chi connectivity index (χ3n) is 4.13. The molecular weight excluding hydrogens is 333 g/mol. The number of halogens is 4. The van der Waals surface area contributed by atoms with E-state index in [0.717, 1.165) is 7.11 Å². The molecule has 1 aliphatic heterocycles. The SMILES string of the molecule is COC1(C(F)(F)F)CCN(CC(=O)Nc2cccc(Cl)c2C)C1. The predicted molar refractivity (Wildman–Crippen MR) is 81.7 cm³/mol. The van der Waals surface area contributed by atoms with Crippen molar-refractivity contribution in [2.75, 3.05) is 32.1 Å². The van der Waals surface area contributed by atoms with Gasteiger partial charge in [-0.25, -0.2) is 0 Å². The van der Waals surface area contributed by atoms with Gasteiger partial charge in [-0.05, 0) is 31.0 Å². The standard InChI is InChI=1S/C15H18ClF3N2O2/c1-10-11(16)4-3-5-12(10)20-13(22)8-21-7-6-14(9-21,23-2)15(17,18)19/h3-5H,6-9H2,1-2H3,(H,20,22). The molecular formula is C15H18ClF3N2O2. The Balaban J connectivity index is 1.98. The number of anilines is 1. The minimum Gasteiger partial charge on any atom is -0.367 e. The molecule has 2 rings (SSSR count). The monoisotopic (exact) mass is 350 g/mol. The molecule has 1 fully saturated rings. The highest BCUT2D eigenvalue weighted by atomic mass is 35.5. The summed E-state index contributed by atoms with van der Waals surface area (Å²) in [5, 5.41) is 3.19. The van der Waals surface area contributed by atoms with Crippen LogP contribution < -0.4 is 5.32 Å². The molecule has 1 aliphatic rings. The van der Waals surface area contributed by atoms with Gasteiger partial charge in [-0.3, -0.25) is 9.69 Å². The second kappa shape index (κ2) is 6.67. The van der Waals surface area contributed by atoms with E-state index in [2.05, 4.69) is 5.32 Å². The molecule has 0 spiro atoms. The Kier molecular flexibility index (Phi) is 5.23. The van der Waals surface area contributed by atoms with E-state index >= 15 is 0 Å². The first-order chi connectivity index (χ1) is 10.7. The van der Waals surface area contributed by atoms with Gasteiger partial charge in [-0.15, -0.1) is 0 Å². The second-order valence-corrected chi connectivity index (χ2v) is 6.02. The van der Waals surface area contributed by atoms with Gasteiger partial charge in [0, 0.05) is 30.9 Å².